The molecule has 3 heteroatoms. The Bertz CT molecular complexity index is 2050. The zero-order valence-corrected chi connectivity index (χ0v) is 24.4. The largest absolute Gasteiger partial charge is 0.209 e. The van der Waals surface area contributed by atoms with E-state index in [1.165, 1.54) is 44.5 Å². The molecule has 44 heavy (non-hydrogen) atoms. The first-order valence-electron chi connectivity index (χ1n) is 15.4. The molecule has 1 unspecified atom stereocenters. The standard InChI is InChI=1S/C41H29N3/c1-26-24-37-33(25-32(26)40-43-38(27-14-4-2-5-15-27)42-39(44-40)28-16-6-3-7-17-28)31-20-10-13-23-36(31)41(37)34-21-11-8-18-29(34)30-19-9-12-22-35(30)41/h2-23,25-26H,24H2,1H3. The molecule has 6 aromatic rings. The van der Waals surface area contributed by atoms with Crippen LogP contribution >= 0.6 is 0 Å². The molecule has 1 atom stereocenters. The van der Waals surface area contributed by atoms with E-state index in [2.05, 4.69) is 110 Å². The van der Waals surface area contributed by atoms with E-state index in [1.807, 2.05) is 36.4 Å². The SMILES string of the molecule is CC1CC2=C(C=C1c1nc(-c3ccccc3)nc(-c3ccccc3)n1)c1ccccc1C21c2ccccc2-c2ccccc21. The summed E-state index contributed by atoms with van der Waals surface area (Å²) in [6, 6.07) is 47.5. The van der Waals surface area contributed by atoms with Gasteiger partial charge in [-0.1, -0.05) is 140 Å². The molecular weight excluding hydrogens is 534 g/mol. The third-order valence-electron chi connectivity index (χ3n) is 9.65. The van der Waals surface area contributed by atoms with Crippen LogP contribution in [0.25, 0.3) is 45.0 Å². The van der Waals surface area contributed by atoms with Crippen molar-refractivity contribution < 1.29 is 0 Å². The maximum atomic E-state index is 5.12. The van der Waals surface area contributed by atoms with Gasteiger partial charge >= 0.3 is 0 Å². The Labute approximate surface area is 257 Å². The highest BCUT2D eigenvalue weighted by Crippen LogP contribution is 2.64. The van der Waals surface area contributed by atoms with E-state index in [0.29, 0.717) is 11.6 Å². The average molecular weight is 564 g/mol. The van der Waals surface area contributed by atoms with E-state index in [0.717, 1.165) is 28.9 Å². The minimum atomic E-state index is -0.293. The van der Waals surface area contributed by atoms with E-state index in [-0.39, 0.29) is 11.3 Å². The summed E-state index contributed by atoms with van der Waals surface area (Å²) in [6.07, 6.45) is 3.31. The number of benzene rings is 5. The molecule has 0 fully saturated rings. The maximum Gasteiger partial charge on any atom is 0.164 e. The first-order valence-corrected chi connectivity index (χ1v) is 15.4. The zero-order chi connectivity index (χ0) is 29.3. The zero-order valence-electron chi connectivity index (χ0n) is 24.4. The van der Waals surface area contributed by atoms with E-state index < -0.39 is 0 Å². The predicted molar refractivity (Wildman–Crippen MR) is 178 cm³/mol. The fourth-order valence-corrected chi connectivity index (χ4v) is 7.79. The number of rotatable bonds is 3. The van der Waals surface area contributed by atoms with Crippen LogP contribution in [0.15, 0.2) is 145 Å². The maximum absolute atomic E-state index is 5.12. The van der Waals surface area contributed by atoms with Crippen LogP contribution in [0, 0.1) is 5.92 Å². The molecular formula is C41H29N3. The normalized spacial score (nSPS) is 17.1. The second-order valence-corrected chi connectivity index (χ2v) is 12.0. The highest BCUT2D eigenvalue weighted by molar-refractivity contribution is 6.00. The van der Waals surface area contributed by atoms with E-state index >= 15 is 0 Å². The topological polar surface area (TPSA) is 38.7 Å². The van der Waals surface area contributed by atoms with Gasteiger partial charge < -0.3 is 0 Å². The molecule has 0 bridgehead atoms. The summed E-state index contributed by atoms with van der Waals surface area (Å²) in [5.74, 6) is 2.37. The molecule has 208 valence electrons. The summed E-state index contributed by atoms with van der Waals surface area (Å²) in [5, 5.41) is 0. The summed E-state index contributed by atoms with van der Waals surface area (Å²) < 4.78 is 0. The van der Waals surface area contributed by atoms with Gasteiger partial charge in [0.1, 0.15) is 0 Å². The first-order chi connectivity index (χ1) is 21.7. The molecule has 0 N–H and O–H groups in total. The van der Waals surface area contributed by atoms with E-state index in [9.17, 15) is 0 Å². The lowest BCUT2D eigenvalue weighted by atomic mass is 9.66. The molecule has 0 radical (unpaired) electrons. The van der Waals surface area contributed by atoms with Crippen LogP contribution in [0.4, 0.5) is 0 Å². The van der Waals surface area contributed by atoms with Crippen molar-refractivity contribution in [3.8, 4) is 33.9 Å². The monoisotopic (exact) mass is 563 g/mol. The van der Waals surface area contributed by atoms with Crippen LogP contribution < -0.4 is 0 Å². The Kier molecular flexibility index (Phi) is 5.45. The quantitative estimate of drug-likeness (QED) is 0.215. The molecule has 1 aromatic heterocycles. The third-order valence-corrected chi connectivity index (χ3v) is 9.65. The first kappa shape index (κ1) is 25.1. The van der Waals surface area contributed by atoms with Crippen LogP contribution in [0.5, 0.6) is 0 Å². The van der Waals surface area contributed by atoms with Gasteiger partial charge in [-0.05, 0) is 62.9 Å². The molecule has 0 saturated carbocycles. The minimum Gasteiger partial charge on any atom is -0.209 e. The van der Waals surface area contributed by atoms with Crippen molar-refractivity contribution >= 4 is 11.1 Å². The third kappa shape index (κ3) is 3.47. The van der Waals surface area contributed by atoms with Gasteiger partial charge in [0.2, 0.25) is 0 Å². The number of allylic oxidation sites excluding steroid dienone is 4. The summed E-state index contributed by atoms with van der Waals surface area (Å²) in [5.41, 5.74) is 13.8. The van der Waals surface area contributed by atoms with Crippen molar-refractivity contribution in [3.05, 3.63) is 173 Å². The van der Waals surface area contributed by atoms with Crippen molar-refractivity contribution in [2.75, 3.05) is 0 Å². The summed E-state index contributed by atoms with van der Waals surface area (Å²) in [6.45, 7) is 2.33. The highest BCUT2D eigenvalue weighted by Gasteiger charge is 2.53. The second kappa shape index (κ2) is 9.55. The number of nitrogens with zero attached hydrogens (tertiary/aromatic N) is 3. The predicted octanol–water partition coefficient (Wildman–Crippen LogP) is 9.41. The lowest BCUT2D eigenvalue weighted by Gasteiger charge is -2.35. The fourth-order valence-electron chi connectivity index (χ4n) is 7.79. The van der Waals surface area contributed by atoms with Gasteiger partial charge in [-0.3, -0.25) is 0 Å². The van der Waals surface area contributed by atoms with Crippen molar-refractivity contribution in [1.82, 2.24) is 15.0 Å². The van der Waals surface area contributed by atoms with Gasteiger partial charge in [0.15, 0.2) is 17.5 Å². The van der Waals surface area contributed by atoms with Gasteiger partial charge in [0.05, 0.1) is 5.41 Å². The Hall–Kier alpha value is -5.41. The van der Waals surface area contributed by atoms with Crippen LogP contribution in [0.2, 0.25) is 0 Å². The molecule has 1 spiro atoms. The lowest BCUT2D eigenvalue weighted by Crippen LogP contribution is -2.29. The van der Waals surface area contributed by atoms with Crippen molar-refractivity contribution in [2.45, 2.75) is 18.8 Å². The molecule has 0 amide bonds. The number of fused-ring (bicyclic) bond motifs is 9. The molecule has 0 aliphatic heterocycles. The van der Waals surface area contributed by atoms with E-state index in [1.54, 1.807) is 0 Å². The Morgan fingerprint density at radius 2 is 0.932 bits per heavy atom. The highest BCUT2D eigenvalue weighted by atomic mass is 15.0. The number of hydrogen-bond acceptors (Lipinski definition) is 3. The Balaban J connectivity index is 1.30. The number of hydrogen-bond donors (Lipinski definition) is 0. The van der Waals surface area contributed by atoms with Crippen LogP contribution in [0.3, 0.4) is 0 Å². The second-order valence-electron chi connectivity index (χ2n) is 12.0. The van der Waals surface area contributed by atoms with Gasteiger partial charge in [-0.25, -0.2) is 15.0 Å². The fraction of sp³-hybridized carbons (Fsp3) is 0.0976. The molecule has 1 heterocycles. The molecule has 0 saturated heterocycles. The molecule has 9 rings (SSSR count). The molecule has 5 aromatic carbocycles. The summed E-state index contributed by atoms with van der Waals surface area (Å²) in [4.78, 5) is 15.2. The van der Waals surface area contributed by atoms with Gasteiger partial charge in [0.25, 0.3) is 0 Å². The van der Waals surface area contributed by atoms with Gasteiger partial charge in [0, 0.05) is 16.7 Å². The summed E-state index contributed by atoms with van der Waals surface area (Å²) in [7, 11) is 0. The van der Waals surface area contributed by atoms with Crippen molar-refractivity contribution in [3.63, 3.8) is 0 Å². The average Bonchev–Trinajstić information content (AvgIpc) is 3.55. The number of aromatic nitrogens is 3. The lowest BCUT2D eigenvalue weighted by molar-refractivity contribution is 0.638. The molecule has 3 aliphatic carbocycles. The minimum absolute atomic E-state index is 0.217. The molecule has 3 aliphatic rings. The van der Waals surface area contributed by atoms with Crippen molar-refractivity contribution in [2.24, 2.45) is 5.92 Å². The van der Waals surface area contributed by atoms with Gasteiger partial charge in [-0.15, -0.1) is 0 Å². The Morgan fingerprint density at radius 3 is 1.48 bits per heavy atom. The van der Waals surface area contributed by atoms with Crippen LogP contribution in [0.1, 0.15) is 41.4 Å². The smallest absolute Gasteiger partial charge is 0.164 e. The van der Waals surface area contributed by atoms with Crippen LogP contribution in [-0.2, 0) is 5.41 Å². The van der Waals surface area contributed by atoms with E-state index in [4.69, 9.17) is 15.0 Å². The molecule has 3 nitrogen and oxygen atoms in total. The van der Waals surface area contributed by atoms with Gasteiger partial charge in [-0.2, -0.15) is 0 Å². The Morgan fingerprint density at radius 1 is 0.500 bits per heavy atom. The van der Waals surface area contributed by atoms with Crippen molar-refractivity contribution in [1.29, 1.82) is 0 Å². The summed E-state index contributed by atoms with van der Waals surface area (Å²) >= 11 is 0. The van der Waals surface area contributed by atoms with Crippen LogP contribution in [-0.4, -0.2) is 15.0 Å².